The number of H-pyrrole nitrogens is 1. The molecule has 2 unspecified atom stereocenters. The van der Waals surface area contributed by atoms with Crippen LogP contribution in [0.1, 0.15) is 50.6 Å². The molecule has 3 N–H and O–H groups in total. The maximum Gasteiger partial charge on any atom is 0.323 e. The summed E-state index contributed by atoms with van der Waals surface area (Å²) in [6, 6.07) is 1.18. The highest BCUT2D eigenvalue weighted by Gasteiger charge is 2.37. The number of nitrogens with one attached hydrogen (secondary N) is 1. The Morgan fingerprint density at radius 1 is 1.21 bits per heavy atom. The lowest BCUT2D eigenvalue weighted by Crippen LogP contribution is -2.49. The molecule has 2 atom stereocenters. The van der Waals surface area contributed by atoms with E-state index in [1.807, 2.05) is 0 Å². The van der Waals surface area contributed by atoms with Crippen LogP contribution in [0, 0.1) is 11.8 Å². The maximum atomic E-state index is 12.3. The van der Waals surface area contributed by atoms with Gasteiger partial charge in [0.05, 0.1) is 12.8 Å². The van der Waals surface area contributed by atoms with E-state index in [0.29, 0.717) is 18.2 Å². The first kappa shape index (κ1) is 18.9. The molecule has 1 aliphatic heterocycles. The van der Waals surface area contributed by atoms with Crippen LogP contribution in [0.3, 0.4) is 0 Å². The van der Waals surface area contributed by atoms with Gasteiger partial charge in [-0.25, -0.2) is 4.98 Å². The topological polar surface area (TPSA) is 119 Å². The molecule has 3 heterocycles. The van der Waals surface area contributed by atoms with Crippen molar-refractivity contribution in [2.24, 2.45) is 11.8 Å². The van der Waals surface area contributed by atoms with E-state index >= 15 is 0 Å². The molecule has 4 rings (SSSR count). The summed E-state index contributed by atoms with van der Waals surface area (Å²) in [6.07, 6.45) is 8.32. The lowest BCUT2D eigenvalue weighted by atomic mass is 9.75. The van der Waals surface area contributed by atoms with Gasteiger partial charge in [-0.2, -0.15) is 9.50 Å². The van der Waals surface area contributed by atoms with Crippen LogP contribution < -0.4 is 11.3 Å². The third-order valence-electron chi connectivity index (χ3n) is 6.28. The maximum absolute atomic E-state index is 12.3. The van der Waals surface area contributed by atoms with E-state index in [1.165, 1.54) is 49.8 Å². The van der Waals surface area contributed by atoms with Crippen molar-refractivity contribution < 1.29 is 9.53 Å². The average molecular weight is 388 g/mol. The summed E-state index contributed by atoms with van der Waals surface area (Å²) in [5.74, 6) is 1.47. The van der Waals surface area contributed by atoms with Crippen LogP contribution in [0.4, 0.5) is 5.95 Å². The number of likely N-dealkylation sites (tertiary alicyclic amines) is 1. The molecule has 0 aromatic carbocycles. The number of methoxy groups -OCH3 is 1. The minimum absolute atomic E-state index is 0.143. The second kappa shape index (κ2) is 7.90. The first-order chi connectivity index (χ1) is 13.5. The minimum Gasteiger partial charge on any atom is -0.468 e. The zero-order valence-electron chi connectivity index (χ0n) is 16.3. The zero-order chi connectivity index (χ0) is 19.7. The highest BCUT2D eigenvalue weighted by atomic mass is 16.5. The number of aromatic nitrogens is 4. The average Bonchev–Trinajstić information content (AvgIpc) is 3.09. The number of piperidine rings is 1. The van der Waals surface area contributed by atoms with Gasteiger partial charge in [0, 0.05) is 19.2 Å². The van der Waals surface area contributed by atoms with Gasteiger partial charge >= 0.3 is 5.97 Å². The molecule has 2 aromatic heterocycles. The summed E-state index contributed by atoms with van der Waals surface area (Å²) in [6.45, 7) is 1.25. The number of aromatic amines is 1. The molecule has 0 radical (unpaired) electrons. The number of hydrogen-bond acceptors (Lipinski definition) is 7. The second-order valence-electron chi connectivity index (χ2n) is 8.03. The van der Waals surface area contributed by atoms with E-state index in [4.69, 9.17) is 10.5 Å². The summed E-state index contributed by atoms with van der Waals surface area (Å²) < 4.78 is 6.25. The van der Waals surface area contributed by atoms with Gasteiger partial charge in [-0.3, -0.25) is 19.6 Å². The number of hydrogen-bond donors (Lipinski definition) is 2. The lowest BCUT2D eigenvalue weighted by molar-refractivity contribution is -0.149. The molecular weight excluding hydrogens is 360 g/mol. The molecule has 0 spiro atoms. The Bertz CT molecular complexity index is 901. The van der Waals surface area contributed by atoms with Crippen molar-refractivity contribution in [1.82, 2.24) is 24.5 Å². The summed E-state index contributed by atoms with van der Waals surface area (Å²) in [5, 5.41) is 2.66. The van der Waals surface area contributed by atoms with Crippen LogP contribution in [-0.2, 0) is 16.1 Å². The predicted molar refractivity (Wildman–Crippen MR) is 104 cm³/mol. The van der Waals surface area contributed by atoms with Crippen LogP contribution >= 0.6 is 0 Å². The van der Waals surface area contributed by atoms with Gasteiger partial charge < -0.3 is 10.5 Å². The van der Waals surface area contributed by atoms with Crippen LogP contribution in [0.2, 0.25) is 0 Å². The summed E-state index contributed by atoms with van der Waals surface area (Å²) in [5.41, 5.74) is 5.96. The molecule has 28 heavy (non-hydrogen) atoms. The lowest BCUT2D eigenvalue weighted by Gasteiger charge is -2.41. The normalized spacial score (nSPS) is 24.5. The molecule has 2 aromatic rings. The zero-order valence-corrected chi connectivity index (χ0v) is 16.3. The quantitative estimate of drug-likeness (QED) is 0.759. The number of fused-ring (bicyclic) bond motifs is 1. The SMILES string of the molecule is COC(=O)C1CCC(C2CCCCC2)CN1Cc1cc(=O)n2[nH]c(N)nc2n1. The Balaban J connectivity index is 1.57. The molecule has 2 fully saturated rings. The molecular formula is C19H28N6O3. The Morgan fingerprint density at radius 3 is 2.75 bits per heavy atom. The second-order valence-corrected chi connectivity index (χ2v) is 8.03. The summed E-state index contributed by atoms with van der Waals surface area (Å²) in [4.78, 5) is 35.3. The highest BCUT2D eigenvalue weighted by molar-refractivity contribution is 5.75. The number of rotatable bonds is 4. The van der Waals surface area contributed by atoms with Gasteiger partial charge in [0.2, 0.25) is 5.95 Å². The van der Waals surface area contributed by atoms with E-state index in [-0.39, 0.29) is 29.3 Å². The van der Waals surface area contributed by atoms with Crippen molar-refractivity contribution in [3.63, 3.8) is 0 Å². The Kier molecular flexibility index (Phi) is 5.34. The Hall–Kier alpha value is -2.42. The van der Waals surface area contributed by atoms with Crippen molar-refractivity contribution in [1.29, 1.82) is 0 Å². The van der Waals surface area contributed by atoms with Gasteiger partial charge in [0.25, 0.3) is 11.3 Å². The van der Waals surface area contributed by atoms with E-state index in [2.05, 4.69) is 20.0 Å². The third kappa shape index (κ3) is 3.76. The smallest absolute Gasteiger partial charge is 0.323 e. The van der Waals surface area contributed by atoms with Crippen molar-refractivity contribution in [2.75, 3.05) is 19.4 Å². The largest absolute Gasteiger partial charge is 0.468 e. The van der Waals surface area contributed by atoms with Crippen LogP contribution in [0.25, 0.3) is 5.78 Å². The molecule has 0 amide bonds. The van der Waals surface area contributed by atoms with E-state index in [9.17, 15) is 9.59 Å². The third-order valence-corrected chi connectivity index (χ3v) is 6.28. The molecule has 9 nitrogen and oxygen atoms in total. The molecule has 2 aliphatic rings. The predicted octanol–water partition coefficient (Wildman–Crippen LogP) is 1.33. The molecule has 152 valence electrons. The molecule has 0 bridgehead atoms. The fraction of sp³-hybridized carbons (Fsp3) is 0.684. The first-order valence-corrected chi connectivity index (χ1v) is 10.1. The fourth-order valence-corrected chi connectivity index (χ4v) is 4.88. The molecule has 1 aliphatic carbocycles. The fourth-order valence-electron chi connectivity index (χ4n) is 4.88. The number of anilines is 1. The first-order valence-electron chi connectivity index (χ1n) is 10.1. The van der Waals surface area contributed by atoms with Gasteiger partial charge in [0.15, 0.2) is 0 Å². The molecule has 9 heteroatoms. The van der Waals surface area contributed by atoms with Gasteiger partial charge in [0.1, 0.15) is 6.04 Å². The number of nitrogens with zero attached hydrogens (tertiary/aromatic N) is 4. The Labute approximate surface area is 163 Å². The van der Waals surface area contributed by atoms with E-state index in [1.54, 1.807) is 0 Å². The summed E-state index contributed by atoms with van der Waals surface area (Å²) in [7, 11) is 1.43. The minimum atomic E-state index is -0.297. The Morgan fingerprint density at radius 2 is 2.00 bits per heavy atom. The van der Waals surface area contributed by atoms with Crippen molar-refractivity contribution >= 4 is 17.7 Å². The standard InChI is InChI=1S/C19H28N6O3/c1-28-17(27)15-8-7-13(12-5-3-2-4-6-12)10-24(15)11-14-9-16(26)25-19(21-14)22-18(20)23-25/h9,12-13,15H,2-8,10-11H2,1H3,(H3,20,21,22,23). The summed E-state index contributed by atoms with van der Waals surface area (Å²) >= 11 is 0. The molecule has 1 saturated carbocycles. The van der Waals surface area contributed by atoms with Crippen LogP contribution in [0.15, 0.2) is 10.9 Å². The molecule has 1 saturated heterocycles. The monoisotopic (exact) mass is 388 g/mol. The van der Waals surface area contributed by atoms with E-state index < -0.39 is 0 Å². The number of carbonyl (C=O) groups is 1. The van der Waals surface area contributed by atoms with Crippen LogP contribution in [-0.4, -0.2) is 50.1 Å². The van der Waals surface area contributed by atoms with Crippen molar-refractivity contribution in [3.05, 3.63) is 22.1 Å². The van der Waals surface area contributed by atoms with Crippen molar-refractivity contribution in [2.45, 2.75) is 57.5 Å². The highest BCUT2D eigenvalue weighted by Crippen LogP contribution is 2.36. The van der Waals surface area contributed by atoms with Gasteiger partial charge in [-0.1, -0.05) is 32.1 Å². The number of nitrogens with two attached hydrogens (primary N) is 1. The van der Waals surface area contributed by atoms with Gasteiger partial charge in [-0.05, 0) is 24.7 Å². The number of carbonyl (C=O) groups excluding carboxylic acids is 1. The van der Waals surface area contributed by atoms with Crippen molar-refractivity contribution in [3.8, 4) is 0 Å². The number of nitrogen functional groups attached to an aromatic ring is 1. The number of esters is 1. The van der Waals surface area contributed by atoms with E-state index in [0.717, 1.165) is 25.3 Å². The van der Waals surface area contributed by atoms with Crippen LogP contribution in [0.5, 0.6) is 0 Å². The van der Waals surface area contributed by atoms with Gasteiger partial charge in [-0.15, -0.1) is 0 Å². The number of ether oxygens (including phenoxy) is 1.